The highest BCUT2D eigenvalue weighted by molar-refractivity contribution is 6.47. The fourth-order valence-electron chi connectivity index (χ4n) is 3.96. The number of anilines is 2. The van der Waals surface area contributed by atoms with Gasteiger partial charge in [0, 0.05) is 23.5 Å². The second kappa shape index (κ2) is 11.2. The number of aromatic nitrogens is 1. The molecule has 4 rings (SSSR count). The van der Waals surface area contributed by atoms with Crippen molar-refractivity contribution in [3.63, 3.8) is 0 Å². The molecule has 0 amide bonds. The average Bonchev–Trinajstić information content (AvgIpc) is 2.85. The Morgan fingerprint density at radius 1 is 1.03 bits per heavy atom. The lowest BCUT2D eigenvalue weighted by atomic mass is 10.1. The largest absolute Gasteiger partial charge is 0.573 e. The minimum Gasteiger partial charge on any atom is -0.406 e. The van der Waals surface area contributed by atoms with Crippen LogP contribution in [0.3, 0.4) is 0 Å². The molecule has 0 atom stereocenters. The average molecular weight is 538 g/mol. The zero-order valence-corrected chi connectivity index (χ0v) is 22.1. The molecule has 0 N–H and O–H groups in total. The monoisotopic (exact) mass is 537 g/mol. The number of nitrogens with zero attached hydrogens (tertiary/aromatic N) is 5. The van der Waals surface area contributed by atoms with Gasteiger partial charge in [0.1, 0.15) is 11.6 Å². The Morgan fingerprint density at radius 3 is 2.36 bits per heavy atom. The SMILES string of the molecule is CC(=Nc1ccc(C)nc1)C(/C=C1\C(C)=Nc2ccc(F)cc2N1c1ccc(OC(F)(F)F)cc1)=NC(C)C. The number of hydrogen-bond acceptors (Lipinski definition) is 6. The van der Waals surface area contributed by atoms with Crippen molar-refractivity contribution in [2.24, 2.45) is 15.0 Å². The van der Waals surface area contributed by atoms with E-state index in [2.05, 4.69) is 19.7 Å². The first kappa shape index (κ1) is 27.7. The lowest BCUT2D eigenvalue weighted by Crippen LogP contribution is -2.27. The highest BCUT2D eigenvalue weighted by Gasteiger charge is 2.31. The quantitative estimate of drug-likeness (QED) is 0.235. The molecule has 0 saturated carbocycles. The number of aliphatic imine (C=N–C) groups is 3. The van der Waals surface area contributed by atoms with Gasteiger partial charge < -0.3 is 9.64 Å². The number of fused-ring (bicyclic) bond motifs is 1. The Hall–Kier alpha value is -4.34. The van der Waals surface area contributed by atoms with Gasteiger partial charge in [-0.1, -0.05) is 0 Å². The first-order valence-corrected chi connectivity index (χ1v) is 12.2. The number of halogens is 4. The number of ether oxygens (including phenoxy) is 1. The van der Waals surface area contributed by atoms with E-state index < -0.39 is 12.2 Å². The van der Waals surface area contributed by atoms with E-state index in [1.807, 2.05) is 39.8 Å². The van der Waals surface area contributed by atoms with Crippen LogP contribution in [-0.4, -0.2) is 34.5 Å². The molecule has 10 heteroatoms. The Balaban J connectivity index is 1.85. The van der Waals surface area contributed by atoms with E-state index in [9.17, 15) is 17.6 Å². The molecular formula is C29H27F4N5O. The second-order valence-electron chi connectivity index (χ2n) is 9.20. The van der Waals surface area contributed by atoms with Gasteiger partial charge in [-0.05, 0) is 89.2 Å². The lowest BCUT2D eigenvalue weighted by Gasteiger charge is -2.32. The summed E-state index contributed by atoms with van der Waals surface area (Å²) in [6, 6.07) is 13.2. The van der Waals surface area contributed by atoms with Crippen molar-refractivity contribution in [1.29, 1.82) is 0 Å². The predicted molar refractivity (Wildman–Crippen MR) is 147 cm³/mol. The molecule has 0 aliphatic carbocycles. The van der Waals surface area contributed by atoms with Crippen LogP contribution in [-0.2, 0) is 0 Å². The van der Waals surface area contributed by atoms with Crippen molar-refractivity contribution >= 4 is 39.9 Å². The molecule has 2 aromatic carbocycles. The number of benzene rings is 2. The number of aryl methyl sites for hydroxylation is 1. The number of allylic oxidation sites excluding steroid dienone is 2. The zero-order chi connectivity index (χ0) is 28.3. The minimum absolute atomic E-state index is 0.0732. The molecule has 1 aliphatic heterocycles. The summed E-state index contributed by atoms with van der Waals surface area (Å²) in [6.07, 6.45) is -1.35. The van der Waals surface area contributed by atoms with Gasteiger partial charge in [0.05, 0.1) is 46.1 Å². The number of pyridine rings is 1. The Kier molecular flexibility index (Phi) is 7.94. The molecular weight excluding hydrogens is 510 g/mol. The lowest BCUT2D eigenvalue weighted by molar-refractivity contribution is -0.274. The molecule has 2 heterocycles. The van der Waals surface area contributed by atoms with E-state index >= 15 is 0 Å². The normalized spacial score (nSPS) is 15.5. The standard InChI is InChI=1S/C29H27F4N5O/c1-17(2)35-26(19(4)36-22-8-6-18(3)34-16-22)15-27-20(5)37-25-13-7-21(30)14-28(25)38(27)23-9-11-24(12-10-23)39-29(31,32)33/h6-17H,1-5H3/b27-15+,35-26?,36-19?. The minimum atomic E-state index is -4.82. The Labute approximate surface area is 224 Å². The van der Waals surface area contributed by atoms with Crippen molar-refractivity contribution in [3.05, 3.63) is 84.1 Å². The van der Waals surface area contributed by atoms with Crippen molar-refractivity contribution < 1.29 is 22.3 Å². The van der Waals surface area contributed by atoms with Gasteiger partial charge in [-0.25, -0.2) is 14.4 Å². The Bertz CT molecular complexity index is 1470. The van der Waals surface area contributed by atoms with Gasteiger partial charge in [0.25, 0.3) is 0 Å². The molecule has 0 fully saturated rings. The van der Waals surface area contributed by atoms with E-state index in [1.165, 1.54) is 36.4 Å². The van der Waals surface area contributed by atoms with Crippen molar-refractivity contribution in [3.8, 4) is 5.75 Å². The van der Waals surface area contributed by atoms with E-state index in [1.54, 1.807) is 30.2 Å². The maximum atomic E-state index is 14.4. The molecule has 0 bridgehead atoms. The topological polar surface area (TPSA) is 62.4 Å². The van der Waals surface area contributed by atoms with Crippen LogP contribution in [0.5, 0.6) is 5.75 Å². The molecule has 0 spiro atoms. The number of hydrogen-bond donors (Lipinski definition) is 0. The maximum Gasteiger partial charge on any atom is 0.573 e. The fourth-order valence-corrected chi connectivity index (χ4v) is 3.96. The summed E-state index contributed by atoms with van der Waals surface area (Å²) < 4.78 is 56.6. The smallest absolute Gasteiger partial charge is 0.406 e. The van der Waals surface area contributed by atoms with E-state index in [0.29, 0.717) is 45.6 Å². The number of alkyl halides is 3. The predicted octanol–water partition coefficient (Wildman–Crippen LogP) is 8.20. The highest BCUT2D eigenvalue weighted by Crippen LogP contribution is 2.42. The van der Waals surface area contributed by atoms with Crippen molar-refractivity contribution in [1.82, 2.24) is 4.98 Å². The third-order valence-electron chi connectivity index (χ3n) is 5.64. The zero-order valence-electron chi connectivity index (χ0n) is 22.1. The molecule has 39 heavy (non-hydrogen) atoms. The van der Waals surface area contributed by atoms with Gasteiger partial charge in [-0.2, -0.15) is 0 Å². The second-order valence-corrected chi connectivity index (χ2v) is 9.20. The third kappa shape index (κ3) is 6.95. The summed E-state index contributed by atoms with van der Waals surface area (Å²) in [5, 5.41) is 0. The van der Waals surface area contributed by atoms with Crippen LogP contribution >= 0.6 is 0 Å². The summed E-state index contributed by atoms with van der Waals surface area (Å²) in [7, 11) is 0. The summed E-state index contributed by atoms with van der Waals surface area (Å²) in [4.78, 5) is 20.1. The first-order chi connectivity index (χ1) is 18.4. The molecule has 1 aliphatic rings. The van der Waals surface area contributed by atoms with Gasteiger partial charge in [-0.15, -0.1) is 13.2 Å². The van der Waals surface area contributed by atoms with Gasteiger partial charge >= 0.3 is 6.36 Å². The van der Waals surface area contributed by atoms with Gasteiger partial charge in [0.2, 0.25) is 0 Å². The van der Waals surface area contributed by atoms with Crippen LogP contribution in [0.15, 0.2) is 87.5 Å². The van der Waals surface area contributed by atoms with Crippen LogP contribution in [0, 0.1) is 12.7 Å². The van der Waals surface area contributed by atoms with Gasteiger partial charge in [0.15, 0.2) is 0 Å². The van der Waals surface area contributed by atoms with E-state index in [4.69, 9.17) is 4.99 Å². The highest BCUT2D eigenvalue weighted by atomic mass is 19.4. The molecule has 6 nitrogen and oxygen atoms in total. The van der Waals surface area contributed by atoms with Crippen LogP contribution in [0.2, 0.25) is 0 Å². The molecule has 202 valence electrons. The Morgan fingerprint density at radius 2 is 1.74 bits per heavy atom. The molecule has 0 unspecified atom stereocenters. The molecule has 0 radical (unpaired) electrons. The van der Waals surface area contributed by atoms with Crippen LogP contribution < -0.4 is 9.64 Å². The summed E-state index contributed by atoms with van der Waals surface area (Å²) in [5.41, 5.74) is 5.31. The summed E-state index contributed by atoms with van der Waals surface area (Å²) in [5.74, 6) is -0.846. The third-order valence-corrected chi connectivity index (χ3v) is 5.64. The molecule has 0 saturated heterocycles. The van der Waals surface area contributed by atoms with Crippen LogP contribution in [0.25, 0.3) is 0 Å². The fraction of sp³-hybridized carbons (Fsp3) is 0.241. The maximum absolute atomic E-state index is 14.4. The molecule has 3 aromatic rings. The summed E-state index contributed by atoms with van der Waals surface area (Å²) >= 11 is 0. The van der Waals surface area contributed by atoms with Crippen LogP contribution in [0.1, 0.15) is 33.4 Å². The molecule has 1 aromatic heterocycles. The number of rotatable bonds is 6. The summed E-state index contributed by atoms with van der Waals surface area (Å²) in [6.45, 7) is 9.38. The van der Waals surface area contributed by atoms with Gasteiger partial charge in [-0.3, -0.25) is 9.98 Å². The van der Waals surface area contributed by atoms with E-state index in [0.717, 1.165) is 5.69 Å². The van der Waals surface area contributed by atoms with Crippen molar-refractivity contribution in [2.45, 2.75) is 47.0 Å². The first-order valence-electron chi connectivity index (χ1n) is 12.2. The van der Waals surface area contributed by atoms with Crippen LogP contribution in [0.4, 0.5) is 40.3 Å². The van der Waals surface area contributed by atoms with E-state index in [-0.39, 0.29) is 11.8 Å². The van der Waals surface area contributed by atoms with Crippen molar-refractivity contribution in [2.75, 3.05) is 4.90 Å².